The monoisotopic (exact) mass is 463 g/mol. The van der Waals surface area contributed by atoms with Crippen LogP contribution in [0.3, 0.4) is 0 Å². The Hall–Kier alpha value is -4.43. The summed E-state index contributed by atoms with van der Waals surface area (Å²) in [6.07, 6.45) is 0. The Morgan fingerprint density at radius 2 is 1.06 bits per heavy atom. The number of ketones is 1. The van der Waals surface area contributed by atoms with Crippen molar-refractivity contribution >= 4 is 22.8 Å². The van der Waals surface area contributed by atoms with Crippen molar-refractivity contribution in [2.24, 2.45) is 0 Å². The predicted octanol–water partition coefficient (Wildman–Crippen LogP) is 8.01. The van der Waals surface area contributed by atoms with Crippen LogP contribution in [-0.2, 0) is 5.41 Å². The van der Waals surface area contributed by atoms with Gasteiger partial charge in [-0.15, -0.1) is 0 Å². The van der Waals surface area contributed by atoms with Crippen molar-refractivity contribution in [3.63, 3.8) is 0 Å². The topological polar surface area (TPSA) is 20.3 Å². The number of nitrogens with zero attached hydrogens (tertiary/aromatic N) is 1. The lowest BCUT2D eigenvalue weighted by atomic mass is 9.57. The molecule has 0 saturated carbocycles. The van der Waals surface area contributed by atoms with Gasteiger partial charge in [0.1, 0.15) is 0 Å². The minimum atomic E-state index is -0.600. The summed E-state index contributed by atoms with van der Waals surface area (Å²) in [5, 5.41) is 0. The van der Waals surface area contributed by atoms with Crippen LogP contribution in [-0.4, -0.2) is 5.78 Å². The number of hydrogen-bond donors (Lipinski definition) is 0. The van der Waals surface area contributed by atoms with Crippen LogP contribution >= 0.6 is 0 Å². The molecular formula is C34H25NO. The van der Waals surface area contributed by atoms with E-state index in [1.54, 1.807) is 0 Å². The van der Waals surface area contributed by atoms with Gasteiger partial charge in [0.15, 0.2) is 5.78 Å². The lowest BCUT2D eigenvalue weighted by Crippen LogP contribution is -2.42. The Balaban J connectivity index is 1.70. The number of hydrogen-bond acceptors (Lipinski definition) is 2. The third kappa shape index (κ3) is 2.59. The van der Waals surface area contributed by atoms with Gasteiger partial charge in [-0.1, -0.05) is 84.9 Å². The quantitative estimate of drug-likeness (QED) is 0.246. The zero-order chi connectivity index (χ0) is 24.4. The van der Waals surface area contributed by atoms with E-state index in [4.69, 9.17) is 0 Å². The highest BCUT2D eigenvalue weighted by molar-refractivity contribution is 6.15. The molecule has 0 N–H and O–H groups in total. The Labute approximate surface area is 211 Å². The molecule has 2 aliphatic rings. The average Bonchev–Trinajstić information content (AvgIpc) is 2.93. The molecule has 0 saturated heterocycles. The molecule has 2 heteroatoms. The van der Waals surface area contributed by atoms with Crippen LogP contribution in [0.4, 0.5) is 17.1 Å². The van der Waals surface area contributed by atoms with Crippen molar-refractivity contribution in [1.29, 1.82) is 0 Å². The Bertz CT molecular complexity index is 1630. The van der Waals surface area contributed by atoms with E-state index in [2.05, 4.69) is 122 Å². The number of aryl methyl sites for hydroxylation is 2. The zero-order valence-corrected chi connectivity index (χ0v) is 20.3. The van der Waals surface area contributed by atoms with E-state index in [0.717, 1.165) is 44.9 Å². The molecule has 0 aromatic heterocycles. The van der Waals surface area contributed by atoms with Crippen LogP contribution in [0, 0.1) is 13.8 Å². The van der Waals surface area contributed by atoms with E-state index < -0.39 is 5.41 Å². The summed E-state index contributed by atoms with van der Waals surface area (Å²) in [7, 11) is 0. The first-order chi connectivity index (χ1) is 17.6. The van der Waals surface area contributed by atoms with Gasteiger partial charge < -0.3 is 4.90 Å². The van der Waals surface area contributed by atoms with Gasteiger partial charge >= 0.3 is 0 Å². The molecule has 36 heavy (non-hydrogen) atoms. The fraction of sp³-hybridized carbons (Fsp3) is 0.0882. The molecule has 0 amide bonds. The maximum atomic E-state index is 13.9. The van der Waals surface area contributed by atoms with Gasteiger partial charge in [0.05, 0.1) is 16.8 Å². The van der Waals surface area contributed by atoms with Crippen molar-refractivity contribution in [3.05, 3.63) is 160 Å². The molecule has 172 valence electrons. The highest BCUT2D eigenvalue weighted by Crippen LogP contribution is 2.60. The Morgan fingerprint density at radius 3 is 1.72 bits per heavy atom. The summed E-state index contributed by atoms with van der Waals surface area (Å²) < 4.78 is 0. The molecule has 7 rings (SSSR count). The van der Waals surface area contributed by atoms with Crippen molar-refractivity contribution in [1.82, 2.24) is 0 Å². The first-order valence-electron chi connectivity index (χ1n) is 12.4. The van der Waals surface area contributed by atoms with Gasteiger partial charge in [-0.3, -0.25) is 4.79 Å². The van der Waals surface area contributed by atoms with Gasteiger partial charge in [0, 0.05) is 16.8 Å². The number of fused-ring (bicyclic) bond motifs is 8. The SMILES string of the molecule is Cc1cc2c(cc1C)C1(c3ccccc3C2=O)c2ccccc2N(c2ccccc2)c2ccccc21. The van der Waals surface area contributed by atoms with E-state index in [-0.39, 0.29) is 5.78 Å². The van der Waals surface area contributed by atoms with Crippen molar-refractivity contribution in [3.8, 4) is 0 Å². The molecule has 1 spiro atoms. The number of rotatable bonds is 1. The second-order valence-corrected chi connectivity index (χ2v) is 9.81. The zero-order valence-electron chi connectivity index (χ0n) is 20.3. The summed E-state index contributed by atoms with van der Waals surface area (Å²) in [4.78, 5) is 16.3. The van der Waals surface area contributed by atoms with Crippen molar-refractivity contribution < 1.29 is 4.79 Å². The van der Waals surface area contributed by atoms with Crippen LogP contribution < -0.4 is 4.90 Å². The molecule has 5 aromatic rings. The summed E-state index contributed by atoms with van der Waals surface area (Å²) in [6, 6.07) is 40.4. The van der Waals surface area contributed by atoms with Gasteiger partial charge in [-0.05, 0) is 77.6 Å². The number of carbonyl (C=O) groups is 1. The van der Waals surface area contributed by atoms with Crippen LogP contribution in [0.25, 0.3) is 0 Å². The maximum Gasteiger partial charge on any atom is 0.193 e. The van der Waals surface area contributed by atoms with Gasteiger partial charge in [-0.2, -0.15) is 0 Å². The normalized spacial score (nSPS) is 14.6. The van der Waals surface area contributed by atoms with Gasteiger partial charge in [0.25, 0.3) is 0 Å². The van der Waals surface area contributed by atoms with E-state index in [1.165, 1.54) is 16.7 Å². The molecule has 0 radical (unpaired) electrons. The fourth-order valence-electron chi connectivity index (χ4n) is 6.29. The predicted molar refractivity (Wildman–Crippen MR) is 146 cm³/mol. The van der Waals surface area contributed by atoms with Crippen molar-refractivity contribution in [2.45, 2.75) is 19.3 Å². The maximum absolute atomic E-state index is 13.9. The summed E-state index contributed by atoms with van der Waals surface area (Å²) in [5.41, 5.74) is 11.2. The molecule has 1 aliphatic carbocycles. The van der Waals surface area contributed by atoms with E-state index in [1.807, 2.05) is 12.1 Å². The van der Waals surface area contributed by atoms with Gasteiger partial charge in [0.2, 0.25) is 0 Å². The molecule has 0 atom stereocenters. The number of carbonyl (C=O) groups excluding carboxylic acids is 1. The van der Waals surface area contributed by atoms with E-state index >= 15 is 0 Å². The van der Waals surface area contributed by atoms with Crippen molar-refractivity contribution in [2.75, 3.05) is 4.90 Å². The highest BCUT2D eigenvalue weighted by Gasteiger charge is 2.51. The third-order valence-electron chi connectivity index (χ3n) is 7.97. The standard InChI is InChI=1S/C34H25NO/c1-22-20-26-30(21-23(22)2)34(27-15-7-6-14-25(27)33(26)36)28-16-8-10-18-31(28)35(24-12-4-3-5-13-24)32-19-11-9-17-29(32)34/h3-21H,1-2H3. The van der Waals surface area contributed by atoms with Crippen LogP contribution in [0.5, 0.6) is 0 Å². The largest absolute Gasteiger partial charge is 0.310 e. The smallest absolute Gasteiger partial charge is 0.193 e. The molecule has 2 nitrogen and oxygen atoms in total. The number of benzene rings is 5. The Morgan fingerprint density at radius 1 is 0.528 bits per heavy atom. The molecule has 0 fully saturated rings. The highest BCUT2D eigenvalue weighted by atomic mass is 16.1. The molecule has 1 heterocycles. The molecule has 1 aliphatic heterocycles. The van der Waals surface area contributed by atoms with Crippen LogP contribution in [0.15, 0.2) is 115 Å². The molecule has 0 bridgehead atoms. The van der Waals surface area contributed by atoms with E-state index in [9.17, 15) is 4.79 Å². The van der Waals surface area contributed by atoms with Crippen LogP contribution in [0.1, 0.15) is 49.3 Å². The average molecular weight is 464 g/mol. The summed E-state index contributed by atoms with van der Waals surface area (Å²) in [6.45, 7) is 4.24. The lowest BCUT2D eigenvalue weighted by molar-refractivity contribution is 0.103. The number of para-hydroxylation sites is 3. The summed E-state index contributed by atoms with van der Waals surface area (Å²) in [5.74, 6) is 0.106. The minimum Gasteiger partial charge on any atom is -0.310 e. The molecule has 5 aromatic carbocycles. The second-order valence-electron chi connectivity index (χ2n) is 9.81. The van der Waals surface area contributed by atoms with E-state index in [0.29, 0.717) is 0 Å². The first kappa shape index (κ1) is 20.9. The van der Waals surface area contributed by atoms with Gasteiger partial charge in [-0.25, -0.2) is 0 Å². The third-order valence-corrected chi connectivity index (χ3v) is 7.97. The lowest BCUT2D eigenvalue weighted by Gasteiger charge is -2.49. The van der Waals surface area contributed by atoms with Crippen LogP contribution in [0.2, 0.25) is 0 Å². The second kappa shape index (κ2) is 7.53. The minimum absolute atomic E-state index is 0.106. The first-order valence-corrected chi connectivity index (χ1v) is 12.4. The number of anilines is 3. The molecule has 0 unspecified atom stereocenters. The summed E-state index contributed by atoms with van der Waals surface area (Å²) >= 11 is 0. The molecular weight excluding hydrogens is 438 g/mol. The Kier molecular flexibility index (Phi) is 4.37. The fourth-order valence-corrected chi connectivity index (χ4v) is 6.29.